The molecule has 2 aromatic heterocycles. The number of thiazole rings is 2. The zero-order valence-electron chi connectivity index (χ0n) is 9.14. The highest BCUT2D eigenvalue weighted by Crippen LogP contribution is 2.18. The van der Waals surface area contributed by atoms with E-state index in [9.17, 15) is 4.79 Å². The van der Waals surface area contributed by atoms with Crippen LogP contribution in [0.3, 0.4) is 0 Å². The molecule has 2 rings (SSSR count). The zero-order valence-corrected chi connectivity index (χ0v) is 10.8. The largest absolute Gasteiger partial charge is 0.481 e. The summed E-state index contributed by atoms with van der Waals surface area (Å²) in [5.74, 6) is -0.864. The second-order valence-electron chi connectivity index (χ2n) is 3.43. The number of anilines is 1. The molecule has 17 heavy (non-hydrogen) atoms. The van der Waals surface area contributed by atoms with Gasteiger partial charge in [0.15, 0.2) is 5.13 Å². The molecule has 0 unspecified atom stereocenters. The highest BCUT2D eigenvalue weighted by Gasteiger charge is 2.06. The normalized spacial score (nSPS) is 10.4. The number of rotatable bonds is 5. The van der Waals surface area contributed by atoms with Gasteiger partial charge in [-0.25, -0.2) is 9.97 Å². The standard InChI is InChI=1S/C10H11N3O2S2/c1-6-3-11-8(17-6)4-12-10-13-7(5-16-10)2-9(14)15/h3,5H,2,4H2,1H3,(H,12,13)(H,14,15). The molecule has 0 bridgehead atoms. The number of aryl methyl sites for hydroxylation is 1. The fourth-order valence-electron chi connectivity index (χ4n) is 1.26. The molecule has 0 radical (unpaired) electrons. The molecule has 0 aliphatic heterocycles. The highest BCUT2D eigenvalue weighted by molar-refractivity contribution is 7.13. The fourth-order valence-corrected chi connectivity index (χ4v) is 2.69. The van der Waals surface area contributed by atoms with Crippen LogP contribution in [0.5, 0.6) is 0 Å². The van der Waals surface area contributed by atoms with Gasteiger partial charge in [-0.2, -0.15) is 0 Å². The number of carboxylic acid groups (broad SMARTS) is 1. The Hall–Kier alpha value is -1.47. The lowest BCUT2D eigenvalue weighted by atomic mass is 10.3. The Bertz CT molecular complexity index is 521. The molecule has 5 nitrogen and oxygen atoms in total. The molecular formula is C10H11N3O2S2. The Labute approximate surface area is 106 Å². The van der Waals surface area contributed by atoms with Gasteiger partial charge in [-0.15, -0.1) is 22.7 Å². The van der Waals surface area contributed by atoms with Crippen molar-refractivity contribution in [3.8, 4) is 0 Å². The van der Waals surface area contributed by atoms with E-state index in [1.807, 2.05) is 13.1 Å². The van der Waals surface area contributed by atoms with Gasteiger partial charge in [-0.1, -0.05) is 0 Å². The lowest BCUT2D eigenvalue weighted by molar-refractivity contribution is -0.136. The summed E-state index contributed by atoms with van der Waals surface area (Å²) >= 11 is 3.04. The first kappa shape index (κ1) is 12.0. The third-order valence-electron chi connectivity index (χ3n) is 1.94. The van der Waals surface area contributed by atoms with E-state index >= 15 is 0 Å². The van der Waals surface area contributed by atoms with Crippen molar-refractivity contribution in [1.29, 1.82) is 0 Å². The number of aromatic nitrogens is 2. The third kappa shape index (κ3) is 3.50. The van der Waals surface area contributed by atoms with Crippen LogP contribution in [0.4, 0.5) is 5.13 Å². The number of hydrogen-bond acceptors (Lipinski definition) is 6. The third-order valence-corrected chi connectivity index (χ3v) is 3.71. The lowest BCUT2D eigenvalue weighted by Crippen LogP contribution is -2.01. The minimum atomic E-state index is -0.864. The molecule has 0 atom stereocenters. The second kappa shape index (κ2) is 5.24. The van der Waals surface area contributed by atoms with Crippen LogP contribution in [0, 0.1) is 6.92 Å². The average Bonchev–Trinajstić information content (AvgIpc) is 2.84. The van der Waals surface area contributed by atoms with Gasteiger partial charge in [0.25, 0.3) is 0 Å². The summed E-state index contributed by atoms with van der Waals surface area (Å²) in [5, 5.41) is 15.2. The molecule has 0 amide bonds. The molecule has 0 aliphatic carbocycles. The Morgan fingerprint density at radius 3 is 3.06 bits per heavy atom. The predicted molar refractivity (Wildman–Crippen MR) is 67.6 cm³/mol. The van der Waals surface area contributed by atoms with E-state index < -0.39 is 5.97 Å². The first-order valence-electron chi connectivity index (χ1n) is 4.95. The van der Waals surface area contributed by atoms with E-state index in [0.717, 1.165) is 10.1 Å². The van der Waals surface area contributed by atoms with Crippen molar-refractivity contribution >= 4 is 33.8 Å². The van der Waals surface area contributed by atoms with Gasteiger partial charge >= 0.3 is 5.97 Å². The summed E-state index contributed by atoms with van der Waals surface area (Å²) in [5.41, 5.74) is 0.584. The molecule has 2 N–H and O–H groups in total. The van der Waals surface area contributed by atoms with Crippen LogP contribution in [0.2, 0.25) is 0 Å². The van der Waals surface area contributed by atoms with E-state index in [0.29, 0.717) is 12.2 Å². The van der Waals surface area contributed by atoms with Crippen LogP contribution in [-0.4, -0.2) is 21.0 Å². The Morgan fingerprint density at radius 1 is 1.59 bits per heavy atom. The van der Waals surface area contributed by atoms with E-state index in [2.05, 4.69) is 15.3 Å². The van der Waals surface area contributed by atoms with E-state index in [1.54, 1.807) is 16.7 Å². The van der Waals surface area contributed by atoms with Gasteiger partial charge < -0.3 is 10.4 Å². The Morgan fingerprint density at radius 2 is 2.41 bits per heavy atom. The maximum atomic E-state index is 10.5. The zero-order chi connectivity index (χ0) is 12.3. The molecule has 0 saturated carbocycles. The molecule has 0 saturated heterocycles. The summed E-state index contributed by atoms with van der Waals surface area (Å²) in [4.78, 5) is 20.1. The van der Waals surface area contributed by atoms with Gasteiger partial charge in [-0.3, -0.25) is 4.79 Å². The summed E-state index contributed by atoms with van der Waals surface area (Å²) in [6, 6.07) is 0. The maximum absolute atomic E-state index is 10.5. The van der Waals surface area contributed by atoms with Crippen molar-refractivity contribution < 1.29 is 9.90 Å². The van der Waals surface area contributed by atoms with Crippen molar-refractivity contribution in [2.75, 3.05) is 5.32 Å². The molecular weight excluding hydrogens is 258 g/mol. The number of aliphatic carboxylic acids is 1. The molecule has 2 aromatic rings. The summed E-state index contributed by atoms with van der Waals surface area (Å²) in [7, 11) is 0. The Kier molecular flexibility index (Phi) is 3.70. The smallest absolute Gasteiger partial charge is 0.309 e. The topological polar surface area (TPSA) is 75.1 Å². The second-order valence-corrected chi connectivity index (χ2v) is 5.61. The first-order chi connectivity index (χ1) is 8.13. The predicted octanol–water partition coefficient (Wildman–Crippen LogP) is 2.15. The summed E-state index contributed by atoms with van der Waals surface area (Å²) < 4.78 is 0. The van der Waals surface area contributed by atoms with Crippen molar-refractivity contribution in [3.63, 3.8) is 0 Å². The van der Waals surface area contributed by atoms with Gasteiger partial charge in [0.1, 0.15) is 5.01 Å². The minimum Gasteiger partial charge on any atom is -0.481 e. The number of carboxylic acids is 1. The molecule has 0 fully saturated rings. The molecule has 90 valence electrons. The van der Waals surface area contributed by atoms with Crippen LogP contribution in [-0.2, 0) is 17.8 Å². The summed E-state index contributed by atoms with van der Waals surface area (Å²) in [6.45, 7) is 2.63. The molecule has 0 spiro atoms. The number of carbonyl (C=O) groups is 1. The van der Waals surface area contributed by atoms with Crippen molar-refractivity contribution in [2.24, 2.45) is 0 Å². The van der Waals surface area contributed by atoms with Crippen LogP contribution in [0.15, 0.2) is 11.6 Å². The van der Waals surface area contributed by atoms with Crippen molar-refractivity contribution in [3.05, 3.63) is 27.2 Å². The summed E-state index contributed by atoms with van der Waals surface area (Å²) in [6.07, 6.45) is 1.80. The molecule has 2 heterocycles. The lowest BCUT2D eigenvalue weighted by Gasteiger charge is -1.97. The quantitative estimate of drug-likeness (QED) is 0.870. The van der Waals surface area contributed by atoms with E-state index in [1.165, 1.54) is 16.2 Å². The van der Waals surface area contributed by atoms with Crippen molar-refractivity contribution in [2.45, 2.75) is 19.9 Å². The van der Waals surface area contributed by atoms with Gasteiger partial charge in [0.2, 0.25) is 0 Å². The molecule has 0 aromatic carbocycles. The minimum absolute atomic E-state index is 0.0332. The average molecular weight is 269 g/mol. The number of nitrogens with zero attached hydrogens (tertiary/aromatic N) is 2. The Balaban J connectivity index is 1.91. The van der Waals surface area contributed by atoms with E-state index in [4.69, 9.17) is 5.11 Å². The SMILES string of the molecule is Cc1cnc(CNc2nc(CC(=O)O)cs2)s1. The van der Waals surface area contributed by atoms with Crippen LogP contribution < -0.4 is 5.32 Å². The van der Waals surface area contributed by atoms with Crippen molar-refractivity contribution in [1.82, 2.24) is 9.97 Å². The van der Waals surface area contributed by atoms with Gasteiger partial charge in [0, 0.05) is 16.5 Å². The molecule has 7 heteroatoms. The van der Waals surface area contributed by atoms with Crippen LogP contribution >= 0.6 is 22.7 Å². The maximum Gasteiger partial charge on any atom is 0.309 e. The number of hydrogen-bond donors (Lipinski definition) is 2. The van der Waals surface area contributed by atoms with E-state index in [-0.39, 0.29) is 6.42 Å². The fraction of sp³-hybridized carbons (Fsp3) is 0.300. The van der Waals surface area contributed by atoms with Crippen LogP contribution in [0.1, 0.15) is 15.6 Å². The van der Waals surface area contributed by atoms with Gasteiger partial charge in [-0.05, 0) is 6.92 Å². The van der Waals surface area contributed by atoms with Gasteiger partial charge in [0.05, 0.1) is 18.7 Å². The first-order valence-corrected chi connectivity index (χ1v) is 6.64. The van der Waals surface area contributed by atoms with Crippen LogP contribution in [0.25, 0.3) is 0 Å². The monoisotopic (exact) mass is 269 g/mol. The number of nitrogens with one attached hydrogen (secondary N) is 1. The highest BCUT2D eigenvalue weighted by atomic mass is 32.1. The molecule has 0 aliphatic rings.